The van der Waals surface area contributed by atoms with E-state index in [0.717, 1.165) is 11.1 Å². The summed E-state index contributed by atoms with van der Waals surface area (Å²) in [5.74, 6) is 0.209. The minimum atomic E-state index is 0.101. The van der Waals surface area contributed by atoms with Crippen LogP contribution in [-0.4, -0.2) is 42.5 Å². The molecule has 6 heteroatoms. The highest BCUT2D eigenvalue weighted by Crippen LogP contribution is 2.11. The van der Waals surface area contributed by atoms with Crippen molar-refractivity contribution in [3.8, 4) is 0 Å². The summed E-state index contributed by atoms with van der Waals surface area (Å²) in [5, 5.41) is 14.8. The molecule has 1 amide bonds. The van der Waals surface area contributed by atoms with E-state index in [1.807, 2.05) is 25.1 Å². The number of carbonyl (C=O) groups excluding carboxylic acids is 1. The van der Waals surface area contributed by atoms with Gasteiger partial charge in [0.05, 0.1) is 0 Å². The Morgan fingerprint density at radius 2 is 2.15 bits per heavy atom. The average Bonchev–Trinajstić information content (AvgIpc) is 2.43. The molecule has 0 saturated carbocycles. The summed E-state index contributed by atoms with van der Waals surface area (Å²) >= 11 is 0. The maximum Gasteiger partial charge on any atom is 0.223 e. The summed E-state index contributed by atoms with van der Waals surface area (Å²) < 4.78 is 0. The van der Waals surface area contributed by atoms with Crippen LogP contribution >= 0.6 is 0 Å². The molecule has 0 radical (unpaired) electrons. The lowest BCUT2D eigenvalue weighted by Gasteiger charge is -2.12. The van der Waals surface area contributed by atoms with E-state index in [-0.39, 0.29) is 11.7 Å². The molecule has 0 fully saturated rings. The number of benzene rings is 1. The SMILES string of the molecule is Cc1cc(/C(N)=N/O)ccc1CNCCC(=O)N(C)C. The fourth-order valence-electron chi connectivity index (χ4n) is 1.75. The van der Waals surface area contributed by atoms with Crippen LogP contribution in [0.5, 0.6) is 0 Å². The maximum absolute atomic E-state index is 11.4. The molecule has 1 aromatic rings. The van der Waals surface area contributed by atoms with Gasteiger partial charge in [0.15, 0.2) is 5.84 Å². The molecule has 0 aromatic heterocycles. The van der Waals surface area contributed by atoms with E-state index >= 15 is 0 Å². The predicted octanol–water partition coefficient (Wildman–Crippen LogP) is 0.657. The standard InChI is InChI=1S/C14H22N4O2/c1-10-8-11(14(15)17-20)4-5-12(10)9-16-7-6-13(19)18(2)3/h4-5,8,16,20H,6-7,9H2,1-3H3,(H2,15,17). The molecule has 1 rings (SSSR count). The summed E-state index contributed by atoms with van der Waals surface area (Å²) in [6.45, 7) is 3.29. The Hall–Kier alpha value is -2.08. The monoisotopic (exact) mass is 278 g/mol. The van der Waals surface area contributed by atoms with Crippen LogP contribution in [-0.2, 0) is 11.3 Å². The smallest absolute Gasteiger partial charge is 0.223 e. The number of carbonyl (C=O) groups is 1. The van der Waals surface area contributed by atoms with E-state index in [1.165, 1.54) is 0 Å². The van der Waals surface area contributed by atoms with Gasteiger partial charge in [-0.15, -0.1) is 0 Å². The van der Waals surface area contributed by atoms with Gasteiger partial charge in [-0.3, -0.25) is 4.79 Å². The number of hydrogen-bond acceptors (Lipinski definition) is 4. The number of hydrogen-bond donors (Lipinski definition) is 3. The fourth-order valence-corrected chi connectivity index (χ4v) is 1.75. The summed E-state index contributed by atoms with van der Waals surface area (Å²) in [4.78, 5) is 13.0. The summed E-state index contributed by atoms with van der Waals surface area (Å²) in [6.07, 6.45) is 0.480. The van der Waals surface area contributed by atoms with Crippen molar-refractivity contribution < 1.29 is 10.0 Å². The van der Waals surface area contributed by atoms with Crippen molar-refractivity contribution in [3.05, 3.63) is 34.9 Å². The quantitative estimate of drug-likeness (QED) is 0.234. The first kappa shape index (κ1) is 16.0. The molecular weight excluding hydrogens is 256 g/mol. The van der Waals surface area contributed by atoms with E-state index in [4.69, 9.17) is 10.9 Å². The molecule has 0 unspecified atom stereocenters. The molecule has 0 aliphatic carbocycles. The first-order chi connectivity index (χ1) is 9.45. The molecule has 110 valence electrons. The molecule has 0 spiro atoms. The molecule has 0 bridgehead atoms. The van der Waals surface area contributed by atoms with Gasteiger partial charge < -0.3 is 21.2 Å². The van der Waals surface area contributed by atoms with Gasteiger partial charge in [-0.2, -0.15) is 0 Å². The normalized spacial score (nSPS) is 11.4. The van der Waals surface area contributed by atoms with E-state index in [2.05, 4.69) is 10.5 Å². The Balaban J connectivity index is 2.51. The first-order valence-corrected chi connectivity index (χ1v) is 6.44. The molecule has 0 heterocycles. The van der Waals surface area contributed by atoms with Gasteiger partial charge in [-0.25, -0.2) is 0 Å². The summed E-state index contributed by atoms with van der Waals surface area (Å²) in [6, 6.07) is 5.62. The zero-order valence-corrected chi connectivity index (χ0v) is 12.2. The van der Waals surface area contributed by atoms with Crippen LogP contribution in [0.4, 0.5) is 0 Å². The Kier molecular flexibility index (Phi) is 5.99. The third-order valence-electron chi connectivity index (χ3n) is 3.08. The lowest BCUT2D eigenvalue weighted by molar-refractivity contribution is -0.128. The van der Waals surface area contributed by atoms with Crippen LogP contribution in [0.15, 0.2) is 23.4 Å². The van der Waals surface area contributed by atoms with Crippen molar-refractivity contribution in [2.45, 2.75) is 19.9 Å². The van der Waals surface area contributed by atoms with Crippen molar-refractivity contribution in [2.75, 3.05) is 20.6 Å². The second kappa shape index (κ2) is 7.49. The van der Waals surface area contributed by atoms with Gasteiger partial charge in [0.1, 0.15) is 0 Å². The first-order valence-electron chi connectivity index (χ1n) is 6.44. The van der Waals surface area contributed by atoms with Gasteiger partial charge in [-0.1, -0.05) is 17.3 Å². The van der Waals surface area contributed by atoms with Gasteiger partial charge >= 0.3 is 0 Å². The van der Waals surface area contributed by atoms with Gasteiger partial charge in [0.2, 0.25) is 5.91 Å². The molecule has 0 atom stereocenters. The Labute approximate surface area is 119 Å². The molecule has 4 N–H and O–H groups in total. The second-order valence-corrected chi connectivity index (χ2v) is 4.84. The highest BCUT2D eigenvalue weighted by Gasteiger charge is 2.05. The van der Waals surface area contributed by atoms with Crippen molar-refractivity contribution >= 4 is 11.7 Å². The van der Waals surface area contributed by atoms with Crippen molar-refractivity contribution in [1.29, 1.82) is 0 Å². The fraction of sp³-hybridized carbons (Fsp3) is 0.429. The lowest BCUT2D eigenvalue weighted by Crippen LogP contribution is -2.26. The largest absolute Gasteiger partial charge is 0.409 e. The van der Waals surface area contributed by atoms with Gasteiger partial charge in [0, 0.05) is 39.2 Å². The predicted molar refractivity (Wildman–Crippen MR) is 78.7 cm³/mol. The van der Waals surface area contributed by atoms with E-state index in [0.29, 0.717) is 25.1 Å². The maximum atomic E-state index is 11.4. The van der Waals surface area contributed by atoms with Crippen LogP contribution in [0.2, 0.25) is 0 Å². The van der Waals surface area contributed by atoms with Crippen molar-refractivity contribution in [1.82, 2.24) is 10.2 Å². The number of nitrogens with zero attached hydrogens (tertiary/aromatic N) is 2. The molecule has 0 aliphatic heterocycles. The number of nitrogens with one attached hydrogen (secondary N) is 1. The lowest BCUT2D eigenvalue weighted by atomic mass is 10.0. The topological polar surface area (TPSA) is 91.0 Å². The summed E-state index contributed by atoms with van der Waals surface area (Å²) in [7, 11) is 3.50. The minimum Gasteiger partial charge on any atom is -0.409 e. The molecule has 0 saturated heterocycles. The summed E-state index contributed by atoms with van der Waals surface area (Å²) in [5.41, 5.74) is 8.41. The minimum absolute atomic E-state index is 0.101. The van der Waals surface area contributed by atoms with E-state index in [1.54, 1.807) is 19.0 Å². The third kappa shape index (κ3) is 4.55. The van der Waals surface area contributed by atoms with Crippen LogP contribution < -0.4 is 11.1 Å². The zero-order valence-electron chi connectivity index (χ0n) is 12.2. The highest BCUT2D eigenvalue weighted by atomic mass is 16.4. The third-order valence-corrected chi connectivity index (χ3v) is 3.08. The number of aryl methyl sites for hydroxylation is 1. The number of rotatable bonds is 6. The second-order valence-electron chi connectivity index (χ2n) is 4.84. The van der Waals surface area contributed by atoms with E-state index in [9.17, 15) is 4.79 Å². The van der Waals surface area contributed by atoms with Crippen LogP contribution in [0, 0.1) is 6.92 Å². The van der Waals surface area contributed by atoms with Crippen LogP contribution in [0.3, 0.4) is 0 Å². The zero-order chi connectivity index (χ0) is 15.1. The Bertz CT molecular complexity index is 498. The molecular formula is C14H22N4O2. The number of nitrogens with two attached hydrogens (primary N) is 1. The highest BCUT2D eigenvalue weighted by molar-refractivity contribution is 5.97. The molecule has 6 nitrogen and oxygen atoms in total. The van der Waals surface area contributed by atoms with Crippen molar-refractivity contribution in [3.63, 3.8) is 0 Å². The molecule has 1 aromatic carbocycles. The Morgan fingerprint density at radius 3 is 2.70 bits per heavy atom. The number of oxime groups is 1. The van der Waals surface area contributed by atoms with E-state index < -0.39 is 0 Å². The average molecular weight is 278 g/mol. The van der Waals surface area contributed by atoms with Gasteiger partial charge in [-0.05, 0) is 24.1 Å². The van der Waals surface area contributed by atoms with Crippen molar-refractivity contribution in [2.24, 2.45) is 10.9 Å². The van der Waals surface area contributed by atoms with Crippen LogP contribution in [0.25, 0.3) is 0 Å². The van der Waals surface area contributed by atoms with Crippen LogP contribution in [0.1, 0.15) is 23.1 Å². The Morgan fingerprint density at radius 1 is 1.45 bits per heavy atom. The molecule has 0 aliphatic rings. The number of amidine groups is 1. The van der Waals surface area contributed by atoms with Gasteiger partial charge in [0.25, 0.3) is 0 Å². The number of amides is 1. The molecule has 20 heavy (non-hydrogen) atoms.